The van der Waals surface area contributed by atoms with Crippen LogP contribution in [0.4, 0.5) is 5.69 Å². The number of aromatic carboxylic acids is 1. The number of carbonyl (C=O) groups excluding carboxylic acids is 1. The van der Waals surface area contributed by atoms with Gasteiger partial charge in [-0.3, -0.25) is 4.79 Å². The summed E-state index contributed by atoms with van der Waals surface area (Å²) in [5.41, 5.74) is 0.577. The summed E-state index contributed by atoms with van der Waals surface area (Å²) in [7, 11) is 1.39. The van der Waals surface area contributed by atoms with Crippen LogP contribution in [0.25, 0.3) is 0 Å². The molecule has 1 saturated heterocycles. The maximum atomic E-state index is 13.3. The molecule has 0 aliphatic carbocycles. The van der Waals surface area contributed by atoms with Gasteiger partial charge in [0, 0.05) is 30.0 Å². The zero-order valence-electron chi connectivity index (χ0n) is 14.8. The van der Waals surface area contributed by atoms with E-state index < -0.39 is 11.4 Å². The van der Waals surface area contributed by atoms with Gasteiger partial charge in [-0.05, 0) is 42.7 Å². The molecular formula is C20H20ClNO5. The van der Waals surface area contributed by atoms with E-state index in [1.165, 1.54) is 19.2 Å². The van der Waals surface area contributed by atoms with Gasteiger partial charge in [-0.15, -0.1) is 0 Å². The Balaban J connectivity index is 1.93. The highest BCUT2D eigenvalue weighted by molar-refractivity contribution is 6.30. The van der Waals surface area contributed by atoms with Crippen LogP contribution in [0.5, 0.6) is 5.75 Å². The van der Waals surface area contributed by atoms with E-state index in [0.717, 1.165) is 5.56 Å². The highest BCUT2D eigenvalue weighted by Crippen LogP contribution is 2.37. The zero-order valence-corrected chi connectivity index (χ0v) is 15.6. The summed E-state index contributed by atoms with van der Waals surface area (Å²) in [5.74, 6) is -1.09. The molecule has 1 aliphatic rings. The van der Waals surface area contributed by atoms with Crippen LogP contribution in [0.3, 0.4) is 0 Å². The normalized spacial score (nSPS) is 15.8. The molecule has 6 nitrogen and oxygen atoms in total. The van der Waals surface area contributed by atoms with Crippen molar-refractivity contribution in [3.8, 4) is 5.75 Å². The second-order valence-electron chi connectivity index (χ2n) is 6.38. The van der Waals surface area contributed by atoms with Crippen LogP contribution in [0.1, 0.15) is 28.8 Å². The predicted octanol–water partition coefficient (Wildman–Crippen LogP) is 3.73. The maximum Gasteiger partial charge on any atom is 0.339 e. The minimum Gasteiger partial charge on any atom is -0.496 e. The number of carbonyl (C=O) groups is 2. The second kappa shape index (κ2) is 7.98. The van der Waals surface area contributed by atoms with Crippen molar-refractivity contribution in [2.24, 2.45) is 0 Å². The fourth-order valence-electron chi connectivity index (χ4n) is 3.35. The van der Waals surface area contributed by atoms with Crippen molar-refractivity contribution < 1.29 is 24.2 Å². The first-order valence-electron chi connectivity index (χ1n) is 8.53. The summed E-state index contributed by atoms with van der Waals surface area (Å²) in [4.78, 5) is 24.5. The number of halogens is 1. The van der Waals surface area contributed by atoms with E-state index in [1.807, 2.05) is 12.1 Å². The lowest BCUT2D eigenvalue weighted by atomic mass is 9.73. The average Bonchev–Trinajstić information content (AvgIpc) is 2.68. The Kier molecular flexibility index (Phi) is 5.68. The third-order valence-electron chi connectivity index (χ3n) is 4.85. The summed E-state index contributed by atoms with van der Waals surface area (Å²) in [5, 5.41) is 12.7. The van der Waals surface area contributed by atoms with Gasteiger partial charge in [0.1, 0.15) is 11.3 Å². The first kappa shape index (κ1) is 19.2. The SMILES string of the molecule is COc1cc(NC(=O)C2(c3cccc(Cl)c3)CCOCC2)ccc1C(=O)O. The van der Waals surface area contributed by atoms with Gasteiger partial charge in [0.15, 0.2) is 0 Å². The molecule has 0 unspecified atom stereocenters. The van der Waals surface area contributed by atoms with Crippen molar-refractivity contribution in [1.29, 1.82) is 0 Å². The van der Waals surface area contributed by atoms with Gasteiger partial charge >= 0.3 is 5.97 Å². The summed E-state index contributed by atoms with van der Waals surface area (Å²) in [6.45, 7) is 0.947. The molecule has 2 aromatic carbocycles. The average molecular weight is 390 g/mol. The van der Waals surface area contributed by atoms with Crippen molar-refractivity contribution in [3.05, 3.63) is 58.6 Å². The maximum absolute atomic E-state index is 13.3. The number of hydrogen-bond acceptors (Lipinski definition) is 4. The van der Waals surface area contributed by atoms with Crippen molar-refractivity contribution in [2.75, 3.05) is 25.6 Å². The van der Waals surface area contributed by atoms with Crippen molar-refractivity contribution in [1.82, 2.24) is 0 Å². The van der Waals surface area contributed by atoms with Crippen molar-refractivity contribution in [2.45, 2.75) is 18.3 Å². The van der Waals surface area contributed by atoms with Crippen LogP contribution in [-0.4, -0.2) is 37.3 Å². The molecule has 0 saturated carbocycles. The molecule has 1 amide bonds. The predicted molar refractivity (Wildman–Crippen MR) is 102 cm³/mol. The Hall–Kier alpha value is -2.57. The van der Waals surface area contributed by atoms with E-state index in [1.54, 1.807) is 18.2 Å². The summed E-state index contributed by atoms with van der Waals surface area (Å²) in [6.07, 6.45) is 1.06. The number of nitrogens with one attached hydrogen (secondary N) is 1. The molecule has 0 spiro atoms. The van der Waals surface area contributed by atoms with Gasteiger partial charge in [0.05, 0.1) is 12.5 Å². The number of rotatable bonds is 5. The summed E-state index contributed by atoms with van der Waals surface area (Å²) >= 11 is 6.14. The molecule has 1 heterocycles. The van der Waals surface area contributed by atoms with E-state index in [4.69, 9.17) is 21.1 Å². The first-order valence-corrected chi connectivity index (χ1v) is 8.91. The smallest absolute Gasteiger partial charge is 0.339 e. The Morgan fingerprint density at radius 3 is 2.56 bits per heavy atom. The Morgan fingerprint density at radius 2 is 1.93 bits per heavy atom. The van der Waals surface area contributed by atoms with Gasteiger partial charge in [0.2, 0.25) is 5.91 Å². The number of hydrogen-bond donors (Lipinski definition) is 2. The standard InChI is InChI=1S/C20H20ClNO5/c1-26-17-12-15(5-6-16(17)18(23)24)22-19(25)20(7-9-27-10-8-20)13-3-2-4-14(21)11-13/h2-6,11-12H,7-10H2,1H3,(H,22,25)(H,23,24). The molecule has 0 bridgehead atoms. The third-order valence-corrected chi connectivity index (χ3v) is 5.08. The van der Waals surface area contributed by atoms with Crippen LogP contribution in [0.2, 0.25) is 5.02 Å². The summed E-state index contributed by atoms with van der Waals surface area (Å²) in [6, 6.07) is 11.8. The number of anilines is 1. The Labute approximate surface area is 162 Å². The number of ether oxygens (including phenoxy) is 2. The van der Waals surface area contributed by atoms with Gasteiger partial charge in [-0.25, -0.2) is 4.79 Å². The number of methoxy groups -OCH3 is 1. The molecule has 2 aromatic rings. The second-order valence-corrected chi connectivity index (χ2v) is 6.82. The molecule has 3 rings (SSSR count). The molecule has 27 heavy (non-hydrogen) atoms. The molecule has 1 aliphatic heterocycles. The molecular weight excluding hydrogens is 370 g/mol. The van der Waals surface area contributed by atoms with Crippen LogP contribution < -0.4 is 10.1 Å². The molecule has 142 valence electrons. The Morgan fingerprint density at radius 1 is 1.19 bits per heavy atom. The van der Waals surface area contributed by atoms with Gasteiger partial charge in [0.25, 0.3) is 0 Å². The highest BCUT2D eigenvalue weighted by Gasteiger charge is 2.42. The quantitative estimate of drug-likeness (QED) is 0.813. The Bertz CT molecular complexity index is 861. The molecule has 1 fully saturated rings. The van der Waals surface area contributed by atoms with Gasteiger partial charge in [-0.1, -0.05) is 23.7 Å². The monoisotopic (exact) mass is 389 g/mol. The lowest BCUT2D eigenvalue weighted by Gasteiger charge is -2.36. The number of amides is 1. The van der Waals surface area contributed by atoms with Crippen LogP contribution in [0.15, 0.2) is 42.5 Å². The third kappa shape index (κ3) is 3.91. The largest absolute Gasteiger partial charge is 0.496 e. The number of carboxylic acids is 1. The van der Waals surface area contributed by atoms with Crippen LogP contribution in [-0.2, 0) is 14.9 Å². The van der Waals surface area contributed by atoms with Gasteiger partial charge < -0.3 is 19.9 Å². The first-order chi connectivity index (χ1) is 13.0. The van der Waals surface area contributed by atoms with E-state index in [9.17, 15) is 14.7 Å². The number of benzene rings is 2. The van der Waals surface area contributed by atoms with Crippen LogP contribution in [0, 0.1) is 0 Å². The fraction of sp³-hybridized carbons (Fsp3) is 0.300. The molecule has 7 heteroatoms. The van der Waals surface area contributed by atoms with Crippen LogP contribution >= 0.6 is 11.6 Å². The highest BCUT2D eigenvalue weighted by atomic mass is 35.5. The van der Waals surface area contributed by atoms with E-state index in [-0.39, 0.29) is 17.2 Å². The summed E-state index contributed by atoms with van der Waals surface area (Å²) < 4.78 is 10.6. The minimum absolute atomic E-state index is 0.0334. The van der Waals surface area contributed by atoms with Crippen molar-refractivity contribution >= 4 is 29.2 Å². The molecule has 0 aromatic heterocycles. The fourth-order valence-corrected chi connectivity index (χ4v) is 3.54. The van der Waals surface area contributed by atoms with E-state index in [0.29, 0.717) is 36.8 Å². The van der Waals surface area contributed by atoms with E-state index >= 15 is 0 Å². The molecule has 2 N–H and O–H groups in total. The lowest BCUT2D eigenvalue weighted by molar-refractivity contribution is -0.125. The van der Waals surface area contributed by atoms with E-state index in [2.05, 4.69) is 5.32 Å². The number of carboxylic acid groups (broad SMARTS) is 1. The minimum atomic E-state index is -1.09. The lowest BCUT2D eigenvalue weighted by Crippen LogP contribution is -2.44. The molecule has 0 radical (unpaired) electrons. The molecule has 0 atom stereocenters. The zero-order chi connectivity index (χ0) is 19.4. The van der Waals surface area contributed by atoms with Crippen molar-refractivity contribution in [3.63, 3.8) is 0 Å². The van der Waals surface area contributed by atoms with Gasteiger partial charge in [-0.2, -0.15) is 0 Å². The topological polar surface area (TPSA) is 84.9 Å².